The van der Waals surface area contributed by atoms with E-state index in [2.05, 4.69) is 24.0 Å². The number of aromatic nitrogens is 1. The number of rotatable bonds is 3. The van der Waals surface area contributed by atoms with E-state index in [1.54, 1.807) is 11.3 Å². The maximum Gasteiger partial charge on any atom is 0.228 e. The molecule has 1 aromatic heterocycles. The first-order chi connectivity index (χ1) is 10.6. The van der Waals surface area contributed by atoms with E-state index in [1.165, 1.54) is 5.56 Å². The van der Waals surface area contributed by atoms with Crippen LogP contribution >= 0.6 is 11.3 Å². The van der Waals surface area contributed by atoms with E-state index in [0.29, 0.717) is 32.7 Å². The first-order valence-electron chi connectivity index (χ1n) is 7.53. The monoisotopic (exact) mass is 316 g/mol. The highest BCUT2D eigenvalue weighted by Crippen LogP contribution is 2.30. The first kappa shape index (κ1) is 15.2. The summed E-state index contributed by atoms with van der Waals surface area (Å²) in [6.07, 6.45) is 0.440. The van der Waals surface area contributed by atoms with Gasteiger partial charge in [0.05, 0.1) is 25.3 Å². The van der Waals surface area contributed by atoms with E-state index in [1.807, 2.05) is 24.0 Å². The second-order valence-electron chi connectivity index (χ2n) is 5.51. The largest absolute Gasteiger partial charge is 0.378 e. The van der Waals surface area contributed by atoms with E-state index in [-0.39, 0.29) is 5.91 Å². The Bertz CT molecular complexity index is 675. The molecule has 1 fully saturated rings. The van der Waals surface area contributed by atoms with E-state index in [4.69, 9.17) is 4.74 Å². The van der Waals surface area contributed by atoms with Gasteiger partial charge in [0.1, 0.15) is 5.01 Å². The van der Waals surface area contributed by atoms with Gasteiger partial charge in [0.25, 0.3) is 0 Å². The third kappa shape index (κ3) is 3.20. The second-order valence-corrected chi connectivity index (χ2v) is 6.60. The van der Waals surface area contributed by atoms with Crippen molar-refractivity contribution in [2.45, 2.75) is 20.3 Å². The number of amides is 1. The molecule has 1 aliphatic heterocycles. The minimum Gasteiger partial charge on any atom is -0.378 e. The third-order valence-corrected chi connectivity index (χ3v) is 5.13. The maximum absolute atomic E-state index is 12.4. The number of ether oxygens (including phenoxy) is 1. The fourth-order valence-electron chi connectivity index (χ4n) is 2.58. The smallest absolute Gasteiger partial charge is 0.228 e. The SMILES string of the molecule is Cc1ccccc1-c1nc(C)c(CC(=O)N2CCOCC2)s1. The van der Waals surface area contributed by atoms with Crippen molar-refractivity contribution >= 4 is 17.2 Å². The van der Waals surface area contributed by atoms with Gasteiger partial charge in [0, 0.05) is 23.5 Å². The Kier molecular flexibility index (Phi) is 4.55. The second kappa shape index (κ2) is 6.58. The molecule has 116 valence electrons. The summed E-state index contributed by atoms with van der Waals surface area (Å²) >= 11 is 1.63. The Morgan fingerprint density at radius 2 is 2.00 bits per heavy atom. The summed E-state index contributed by atoms with van der Waals surface area (Å²) in [4.78, 5) is 20.0. The molecule has 3 rings (SSSR count). The van der Waals surface area contributed by atoms with Gasteiger partial charge in [0.15, 0.2) is 0 Å². The van der Waals surface area contributed by atoms with E-state index in [9.17, 15) is 4.79 Å². The van der Waals surface area contributed by atoms with E-state index in [0.717, 1.165) is 21.1 Å². The van der Waals surface area contributed by atoms with Crippen LogP contribution in [0.5, 0.6) is 0 Å². The number of hydrogen-bond acceptors (Lipinski definition) is 4. The molecular weight excluding hydrogens is 296 g/mol. The highest BCUT2D eigenvalue weighted by Gasteiger charge is 2.20. The van der Waals surface area contributed by atoms with Gasteiger partial charge >= 0.3 is 0 Å². The van der Waals surface area contributed by atoms with Crippen molar-refractivity contribution in [3.8, 4) is 10.6 Å². The van der Waals surface area contributed by atoms with Gasteiger partial charge in [-0.15, -0.1) is 11.3 Å². The van der Waals surface area contributed by atoms with Gasteiger partial charge in [-0.25, -0.2) is 4.98 Å². The lowest BCUT2D eigenvalue weighted by molar-refractivity contribution is -0.134. The normalized spacial score (nSPS) is 15.1. The minimum atomic E-state index is 0.173. The van der Waals surface area contributed by atoms with Crippen LogP contribution < -0.4 is 0 Å². The molecule has 2 heterocycles. The van der Waals surface area contributed by atoms with Crippen molar-refractivity contribution in [3.05, 3.63) is 40.4 Å². The van der Waals surface area contributed by atoms with Crippen LogP contribution in [0.1, 0.15) is 16.1 Å². The first-order valence-corrected chi connectivity index (χ1v) is 8.34. The zero-order valence-corrected chi connectivity index (χ0v) is 13.8. The van der Waals surface area contributed by atoms with Crippen molar-refractivity contribution in [1.82, 2.24) is 9.88 Å². The topological polar surface area (TPSA) is 42.4 Å². The number of hydrogen-bond donors (Lipinski definition) is 0. The highest BCUT2D eigenvalue weighted by atomic mass is 32.1. The number of carbonyl (C=O) groups excluding carboxylic acids is 1. The van der Waals surface area contributed by atoms with Crippen molar-refractivity contribution in [3.63, 3.8) is 0 Å². The van der Waals surface area contributed by atoms with Crippen molar-refractivity contribution in [2.75, 3.05) is 26.3 Å². The van der Waals surface area contributed by atoms with Gasteiger partial charge < -0.3 is 9.64 Å². The summed E-state index contributed by atoms with van der Waals surface area (Å²) < 4.78 is 5.30. The summed E-state index contributed by atoms with van der Waals surface area (Å²) in [5.41, 5.74) is 3.33. The van der Waals surface area contributed by atoms with Crippen molar-refractivity contribution in [2.24, 2.45) is 0 Å². The van der Waals surface area contributed by atoms with Crippen LogP contribution in [0.3, 0.4) is 0 Å². The summed E-state index contributed by atoms with van der Waals surface area (Å²) in [6.45, 7) is 6.75. The Morgan fingerprint density at radius 3 is 2.73 bits per heavy atom. The molecule has 22 heavy (non-hydrogen) atoms. The van der Waals surface area contributed by atoms with Crippen LogP contribution in [-0.2, 0) is 16.0 Å². The van der Waals surface area contributed by atoms with Crippen molar-refractivity contribution < 1.29 is 9.53 Å². The lowest BCUT2D eigenvalue weighted by atomic mass is 10.1. The van der Waals surface area contributed by atoms with Crippen LogP contribution in [0.15, 0.2) is 24.3 Å². The molecule has 0 radical (unpaired) electrons. The molecule has 1 aliphatic rings. The highest BCUT2D eigenvalue weighted by molar-refractivity contribution is 7.15. The Labute approximate surface area is 134 Å². The van der Waals surface area contributed by atoms with Gasteiger partial charge in [-0.2, -0.15) is 0 Å². The molecule has 4 nitrogen and oxygen atoms in total. The number of nitrogens with zero attached hydrogens (tertiary/aromatic N) is 2. The summed E-state index contributed by atoms with van der Waals surface area (Å²) in [6, 6.07) is 8.23. The molecule has 0 bridgehead atoms. The molecule has 0 unspecified atom stereocenters. The predicted octanol–water partition coefficient (Wildman–Crippen LogP) is 2.83. The molecule has 2 aromatic rings. The van der Waals surface area contributed by atoms with Crippen LogP contribution in [0, 0.1) is 13.8 Å². The molecule has 1 amide bonds. The van der Waals surface area contributed by atoms with Crippen molar-refractivity contribution in [1.29, 1.82) is 0 Å². The Balaban J connectivity index is 1.78. The molecule has 0 spiro atoms. The average Bonchev–Trinajstić information content (AvgIpc) is 2.89. The van der Waals surface area contributed by atoms with Gasteiger partial charge in [-0.1, -0.05) is 24.3 Å². The number of aryl methyl sites for hydroxylation is 2. The lowest BCUT2D eigenvalue weighted by Gasteiger charge is -2.26. The number of carbonyl (C=O) groups is 1. The molecule has 5 heteroatoms. The molecular formula is C17H20N2O2S. The summed E-state index contributed by atoms with van der Waals surface area (Å²) in [5.74, 6) is 0.173. The average molecular weight is 316 g/mol. The predicted molar refractivity (Wildman–Crippen MR) is 88.1 cm³/mol. The van der Waals surface area contributed by atoms with Gasteiger partial charge in [-0.3, -0.25) is 4.79 Å². The Morgan fingerprint density at radius 1 is 1.27 bits per heavy atom. The van der Waals surface area contributed by atoms with Crippen LogP contribution in [-0.4, -0.2) is 42.1 Å². The molecule has 0 N–H and O–H groups in total. The molecule has 0 atom stereocenters. The molecule has 0 aliphatic carbocycles. The van der Waals surface area contributed by atoms with Crippen LogP contribution in [0.4, 0.5) is 0 Å². The zero-order valence-electron chi connectivity index (χ0n) is 13.0. The summed E-state index contributed by atoms with van der Waals surface area (Å²) in [5, 5.41) is 1.00. The van der Waals surface area contributed by atoms with Gasteiger partial charge in [0.2, 0.25) is 5.91 Å². The third-order valence-electron chi connectivity index (χ3n) is 3.94. The fraction of sp³-hybridized carbons (Fsp3) is 0.412. The van der Waals surface area contributed by atoms with E-state index >= 15 is 0 Å². The molecule has 1 aromatic carbocycles. The number of morpholine rings is 1. The van der Waals surface area contributed by atoms with Crippen LogP contribution in [0.25, 0.3) is 10.6 Å². The number of thiazole rings is 1. The summed E-state index contributed by atoms with van der Waals surface area (Å²) in [7, 11) is 0. The lowest BCUT2D eigenvalue weighted by Crippen LogP contribution is -2.41. The maximum atomic E-state index is 12.4. The fourth-order valence-corrected chi connectivity index (χ4v) is 3.73. The van der Waals surface area contributed by atoms with Gasteiger partial charge in [-0.05, 0) is 19.4 Å². The quantitative estimate of drug-likeness (QED) is 0.874. The molecule has 0 saturated carbocycles. The Hall–Kier alpha value is -1.72. The standard InChI is InChI=1S/C17H20N2O2S/c1-12-5-3-4-6-14(12)17-18-13(2)15(22-17)11-16(20)19-7-9-21-10-8-19/h3-6H,7-11H2,1-2H3. The number of benzene rings is 1. The van der Waals surface area contributed by atoms with Crippen LogP contribution in [0.2, 0.25) is 0 Å². The molecule has 1 saturated heterocycles. The van der Waals surface area contributed by atoms with E-state index < -0.39 is 0 Å². The zero-order chi connectivity index (χ0) is 15.5. The minimum absolute atomic E-state index is 0.173.